The Morgan fingerprint density at radius 1 is 1.25 bits per heavy atom. The van der Waals surface area contributed by atoms with Crippen molar-refractivity contribution >= 4 is 17.7 Å². The number of aryl methyl sites for hydroxylation is 1. The van der Waals surface area contributed by atoms with Gasteiger partial charge in [0.15, 0.2) is 0 Å². The highest BCUT2D eigenvalue weighted by Crippen LogP contribution is 2.26. The second-order valence-corrected chi connectivity index (χ2v) is 7.98. The van der Waals surface area contributed by atoms with Crippen LogP contribution in [-0.4, -0.2) is 43.3 Å². The van der Waals surface area contributed by atoms with Gasteiger partial charge >= 0.3 is 0 Å². The number of halogens is 1. The van der Waals surface area contributed by atoms with Crippen LogP contribution < -0.4 is 0 Å². The number of hydrogen-bond donors (Lipinski definition) is 0. The molecule has 0 fully saturated rings. The molecule has 146 valence electrons. The minimum atomic E-state index is -0.395. The summed E-state index contributed by atoms with van der Waals surface area (Å²) < 4.78 is 15.0. The van der Waals surface area contributed by atoms with Gasteiger partial charge in [-0.3, -0.25) is 4.79 Å². The third kappa shape index (κ3) is 4.39. The van der Waals surface area contributed by atoms with Crippen LogP contribution in [0.15, 0.2) is 47.6 Å². The number of benzene rings is 2. The Morgan fingerprint density at radius 3 is 2.75 bits per heavy atom. The summed E-state index contributed by atoms with van der Waals surface area (Å²) >= 11 is 1.30. The maximum atomic E-state index is 13.4. The zero-order valence-corrected chi connectivity index (χ0v) is 17.1. The number of amides is 1. The first-order chi connectivity index (χ1) is 13.4. The zero-order valence-electron chi connectivity index (χ0n) is 16.3. The number of thioether (sulfide) groups is 1. The van der Waals surface area contributed by atoms with E-state index in [1.165, 1.54) is 23.9 Å². The quantitative estimate of drug-likeness (QED) is 0.593. The van der Waals surface area contributed by atoms with Gasteiger partial charge in [-0.15, -0.1) is 5.10 Å². The number of hydrogen-bond acceptors (Lipinski definition) is 5. The van der Waals surface area contributed by atoms with Crippen LogP contribution in [0.4, 0.5) is 4.39 Å². The molecule has 0 spiro atoms. The summed E-state index contributed by atoms with van der Waals surface area (Å²) in [6, 6.07) is 12.2. The van der Waals surface area contributed by atoms with Crippen molar-refractivity contribution in [1.29, 1.82) is 0 Å². The van der Waals surface area contributed by atoms with Crippen LogP contribution in [-0.2, 0) is 11.3 Å². The fourth-order valence-corrected chi connectivity index (χ4v) is 3.79. The average molecular weight is 399 g/mol. The molecule has 28 heavy (non-hydrogen) atoms. The molecule has 0 aliphatic rings. The van der Waals surface area contributed by atoms with Crippen LogP contribution in [0.1, 0.15) is 23.6 Å². The first-order valence-electron chi connectivity index (χ1n) is 8.88. The number of tetrazole rings is 1. The van der Waals surface area contributed by atoms with Crippen LogP contribution in [0.25, 0.3) is 5.69 Å². The Bertz CT molecular complexity index is 990. The summed E-state index contributed by atoms with van der Waals surface area (Å²) in [7, 11) is 1.71. The van der Waals surface area contributed by atoms with E-state index < -0.39 is 5.25 Å². The number of carbonyl (C=O) groups is 1. The Labute approximate surface area is 167 Å². The Kier molecular flexibility index (Phi) is 6.08. The Balaban J connectivity index is 1.73. The van der Waals surface area contributed by atoms with Gasteiger partial charge in [0.25, 0.3) is 0 Å². The van der Waals surface area contributed by atoms with Crippen LogP contribution in [0, 0.1) is 19.7 Å². The maximum absolute atomic E-state index is 13.4. The lowest BCUT2D eigenvalue weighted by Crippen LogP contribution is -2.33. The first kappa shape index (κ1) is 20.0. The van der Waals surface area contributed by atoms with E-state index in [4.69, 9.17) is 0 Å². The van der Waals surface area contributed by atoms with Crippen molar-refractivity contribution in [3.8, 4) is 5.69 Å². The molecule has 0 radical (unpaired) electrons. The number of nitrogens with zero attached hydrogens (tertiary/aromatic N) is 5. The van der Waals surface area contributed by atoms with Gasteiger partial charge in [0.1, 0.15) is 5.82 Å². The molecule has 1 heterocycles. The molecule has 3 aromatic rings. The predicted octanol–water partition coefficient (Wildman–Crippen LogP) is 3.56. The highest BCUT2D eigenvalue weighted by molar-refractivity contribution is 8.00. The van der Waals surface area contributed by atoms with E-state index in [1.807, 2.05) is 39.0 Å². The van der Waals surface area contributed by atoms with Gasteiger partial charge in [-0.2, -0.15) is 4.68 Å². The van der Waals surface area contributed by atoms with E-state index in [-0.39, 0.29) is 11.7 Å². The van der Waals surface area contributed by atoms with Gasteiger partial charge in [0.05, 0.1) is 10.9 Å². The number of rotatable bonds is 6. The van der Waals surface area contributed by atoms with E-state index >= 15 is 0 Å². The Hall–Kier alpha value is -2.74. The molecule has 1 aromatic heterocycles. The Morgan fingerprint density at radius 2 is 2.00 bits per heavy atom. The maximum Gasteiger partial charge on any atom is 0.235 e. The summed E-state index contributed by atoms with van der Waals surface area (Å²) in [6.07, 6.45) is 0. The van der Waals surface area contributed by atoms with Crippen molar-refractivity contribution in [2.24, 2.45) is 0 Å². The SMILES string of the molecule is Cc1cccc(-n2nnnc2SC(C)C(=O)N(C)Cc2cccc(F)c2)c1C. The van der Waals surface area contributed by atoms with Crippen molar-refractivity contribution in [2.45, 2.75) is 37.7 Å². The second kappa shape index (κ2) is 8.52. The molecular formula is C20H22FN5OS. The fraction of sp³-hybridized carbons (Fsp3) is 0.300. The van der Waals surface area contributed by atoms with E-state index in [1.54, 1.807) is 28.8 Å². The van der Waals surface area contributed by atoms with Crippen LogP contribution in [0.5, 0.6) is 0 Å². The molecule has 1 atom stereocenters. The molecular weight excluding hydrogens is 377 g/mol. The highest BCUT2D eigenvalue weighted by atomic mass is 32.2. The van der Waals surface area contributed by atoms with E-state index in [0.717, 1.165) is 22.4 Å². The number of aromatic nitrogens is 4. The summed E-state index contributed by atoms with van der Waals surface area (Å²) in [5.41, 5.74) is 3.86. The van der Waals surface area contributed by atoms with Crippen molar-refractivity contribution < 1.29 is 9.18 Å². The molecule has 0 N–H and O–H groups in total. The van der Waals surface area contributed by atoms with E-state index in [2.05, 4.69) is 15.5 Å². The molecule has 2 aromatic carbocycles. The van der Waals surface area contributed by atoms with Crippen LogP contribution in [0.2, 0.25) is 0 Å². The van der Waals surface area contributed by atoms with Crippen molar-refractivity contribution in [2.75, 3.05) is 7.05 Å². The molecule has 0 aliphatic heterocycles. The van der Waals surface area contributed by atoms with Gasteiger partial charge in [0.2, 0.25) is 11.1 Å². The fourth-order valence-electron chi connectivity index (χ4n) is 2.87. The minimum Gasteiger partial charge on any atom is -0.340 e. The molecule has 3 rings (SSSR count). The van der Waals surface area contributed by atoms with Crippen LogP contribution in [0.3, 0.4) is 0 Å². The van der Waals surface area contributed by atoms with Crippen LogP contribution >= 0.6 is 11.8 Å². The van der Waals surface area contributed by atoms with Gasteiger partial charge < -0.3 is 4.90 Å². The lowest BCUT2D eigenvalue weighted by Gasteiger charge is -2.21. The monoisotopic (exact) mass is 399 g/mol. The first-order valence-corrected chi connectivity index (χ1v) is 9.76. The van der Waals surface area contributed by atoms with Crippen molar-refractivity contribution in [3.05, 3.63) is 65.0 Å². The van der Waals surface area contributed by atoms with Gasteiger partial charge in [0, 0.05) is 13.6 Å². The molecule has 6 nitrogen and oxygen atoms in total. The third-order valence-electron chi connectivity index (χ3n) is 4.56. The molecule has 0 saturated heterocycles. The predicted molar refractivity (Wildman–Crippen MR) is 107 cm³/mol. The zero-order chi connectivity index (χ0) is 20.3. The van der Waals surface area contributed by atoms with E-state index in [0.29, 0.717) is 11.7 Å². The lowest BCUT2D eigenvalue weighted by atomic mass is 10.1. The smallest absolute Gasteiger partial charge is 0.235 e. The van der Waals surface area contributed by atoms with Crippen molar-refractivity contribution in [3.63, 3.8) is 0 Å². The summed E-state index contributed by atoms with van der Waals surface area (Å²) in [5.74, 6) is -0.391. The lowest BCUT2D eigenvalue weighted by molar-refractivity contribution is -0.129. The van der Waals surface area contributed by atoms with Gasteiger partial charge in [-0.25, -0.2) is 4.39 Å². The number of carbonyl (C=O) groups excluding carboxylic acids is 1. The molecule has 0 bridgehead atoms. The second-order valence-electron chi connectivity index (χ2n) is 6.68. The largest absolute Gasteiger partial charge is 0.340 e. The molecule has 0 aliphatic carbocycles. The molecule has 1 amide bonds. The van der Waals surface area contributed by atoms with Gasteiger partial charge in [-0.1, -0.05) is 36.0 Å². The minimum absolute atomic E-state index is 0.0789. The summed E-state index contributed by atoms with van der Waals surface area (Å²) in [6.45, 7) is 6.20. The molecule has 8 heteroatoms. The summed E-state index contributed by atoms with van der Waals surface area (Å²) in [4.78, 5) is 14.3. The molecule has 0 saturated carbocycles. The average Bonchev–Trinajstić information content (AvgIpc) is 3.11. The van der Waals surface area contributed by atoms with E-state index in [9.17, 15) is 9.18 Å². The highest BCUT2D eigenvalue weighted by Gasteiger charge is 2.23. The standard InChI is InChI=1S/C20H22FN5OS/c1-13-7-5-10-18(14(13)2)26-20(22-23-24-26)28-15(3)19(27)25(4)12-16-8-6-9-17(21)11-16/h5-11,15H,12H2,1-4H3. The van der Waals surface area contributed by atoms with Crippen molar-refractivity contribution in [1.82, 2.24) is 25.1 Å². The molecule has 1 unspecified atom stereocenters. The normalized spacial score (nSPS) is 12.0. The summed E-state index contributed by atoms with van der Waals surface area (Å²) in [5, 5.41) is 12.1. The third-order valence-corrected chi connectivity index (χ3v) is 5.58. The van der Waals surface area contributed by atoms with Gasteiger partial charge in [-0.05, 0) is 66.1 Å². The topological polar surface area (TPSA) is 63.9 Å².